The number of nitrogens with zero attached hydrogens (tertiary/aromatic N) is 1. The Morgan fingerprint density at radius 2 is 1.92 bits per heavy atom. The van der Waals surface area contributed by atoms with Gasteiger partial charge in [-0.2, -0.15) is 0 Å². The number of nitro benzene ring substituents is 1. The van der Waals surface area contributed by atoms with E-state index in [0.29, 0.717) is 19.4 Å². The summed E-state index contributed by atoms with van der Waals surface area (Å²) in [6.07, 6.45) is 0.818. The summed E-state index contributed by atoms with van der Waals surface area (Å²) < 4.78 is 31.4. The van der Waals surface area contributed by atoms with Gasteiger partial charge in [0.2, 0.25) is 0 Å². The van der Waals surface area contributed by atoms with Crippen LogP contribution in [0.2, 0.25) is 0 Å². The lowest BCUT2D eigenvalue weighted by molar-refractivity contribution is -0.384. The maximum atomic E-state index is 13.4. The highest BCUT2D eigenvalue weighted by atomic mass is 16.8. The van der Waals surface area contributed by atoms with Gasteiger partial charge < -0.3 is 23.7 Å². The molecule has 7 aliphatic rings. The Bertz CT molecular complexity index is 1340. The zero-order valence-electron chi connectivity index (χ0n) is 20.7. The first-order valence-electron chi connectivity index (χ1n) is 13.0. The van der Waals surface area contributed by atoms with Gasteiger partial charge in [0.05, 0.1) is 16.6 Å². The highest BCUT2D eigenvalue weighted by Gasteiger charge is 3.01. The summed E-state index contributed by atoms with van der Waals surface area (Å²) in [5.74, 6) is -0.646. The molecule has 5 fully saturated rings. The molecule has 0 radical (unpaired) electrons. The summed E-state index contributed by atoms with van der Waals surface area (Å²) in [4.78, 5) is 36.3. The predicted octanol–water partition coefficient (Wildman–Crippen LogP) is 2.88. The highest BCUT2D eigenvalue weighted by Crippen LogP contribution is 2.83. The van der Waals surface area contributed by atoms with Crippen LogP contribution >= 0.6 is 0 Å². The van der Waals surface area contributed by atoms with Crippen molar-refractivity contribution in [1.29, 1.82) is 0 Å². The minimum absolute atomic E-state index is 0.0423. The van der Waals surface area contributed by atoms with Crippen LogP contribution in [0.5, 0.6) is 0 Å². The first-order chi connectivity index (χ1) is 17.6. The molecule has 10 nitrogen and oxygen atoms in total. The van der Waals surface area contributed by atoms with Crippen LogP contribution in [0.1, 0.15) is 50.4 Å². The van der Waals surface area contributed by atoms with E-state index < -0.39 is 33.8 Å². The molecule has 37 heavy (non-hydrogen) atoms. The number of epoxide rings is 3. The van der Waals surface area contributed by atoms with Gasteiger partial charge in [0.15, 0.2) is 11.7 Å². The Hall–Kier alpha value is -2.82. The molecule has 8 rings (SSSR count). The number of rotatable bonds is 4. The standard InChI is InChI=1S/C27H27NO9/c1-12(2)25-19(36-25)20-27(37-20)24(3)9-8-15-16(11-33-22(15)30)17(24)10-18-26(27,35-18)23(25)34-21(29)13-4-6-14(7-5-13)28(31)32/h4-7,12,17-20,23H,8-11H2,1-3H3/t17-,18+,19-,20-,23-,24+,25-,26?,27?/m1/s1. The quantitative estimate of drug-likeness (QED) is 0.260. The lowest BCUT2D eigenvalue weighted by Crippen LogP contribution is -2.70. The first-order valence-corrected chi connectivity index (χ1v) is 13.0. The summed E-state index contributed by atoms with van der Waals surface area (Å²) in [6, 6.07) is 5.42. The van der Waals surface area contributed by atoms with Crippen LogP contribution in [0.15, 0.2) is 35.4 Å². The number of non-ortho nitro benzene ring substituents is 1. The van der Waals surface area contributed by atoms with Gasteiger partial charge in [-0.15, -0.1) is 0 Å². The molecule has 4 heterocycles. The largest absolute Gasteiger partial charge is 0.458 e. The van der Waals surface area contributed by atoms with Crippen molar-refractivity contribution in [2.45, 2.75) is 81.3 Å². The zero-order valence-corrected chi connectivity index (χ0v) is 20.7. The van der Waals surface area contributed by atoms with Gasteiger partial charge in [0, 0.05) is 23.1 Å². The molecule has 0 N–H and O–H groups in total. The molecule has 3 aliphatic carbocycles. The summed E-state index contributed by atoms with van der Waals surface area (Å²) in [7, 11) is 0. The van der Waals surface area contributed by atoms with Gasteiger partial charge >= 0.3 is 11.9 Å². The van der Waals surface area contributed by atoms with Crippen LogP contribution < -0.4 is 0 Å². The molecule has 2 saturated carbocycles. The molecular weight excluding hydrogens is 482 g/mol. The fraction of sp³-hybridized carbons (Fsp3) is 0.630. The van der Waals surface area contributed by atoms with E-state index >= 15 is 0 Å². The van der Waals surface area contributed by atoms with Crippen LogP contribution in [0, 0.1) is 27.4 Å². The number of fused-ring (bicyclic) bond motifs is 4. The molecule has 2 spiro atoms. The van der Waals surface area contributed by atoms with E-state index in [0.717, 1.165) is 17.6 Å². The van der Waals surface area contributed by atoms with Crippen LogP contribution in [0.4, 0.5) is 5.69 Å². The van der Waals surface area contributed by atoms with E-state index in [2.05, 4.69) is 20.8 Å². The Balaban J connectivity index is 1.20. The van der Waals surface area contributed by atoms with Gasteiger partial charge in [-0.05, 0) is 48.8 Å². The average molecular weight is 510 g/mol. The van der Waals surface area contributed by atoms with Crippen LogP contribution in [0.25, 0.3) is 0 Å². The number of cyclic esters (lactones) is 1. The smallest absolute Gasteiger partial charge is 0.338 e. The number of carbonyl (C=O) groups excluding carboxylic acids is 2. The topological polar surface area (TPSA) is 133 Å². The monoisotopic (exact) mass is 509 g/mol. The Morgan fingerprint density at radius 1 is 1.16 bits per heavy atom. The SMILES string of the molecule is CC(C)[C@@]12O[C@@H]1[C@H]1OC13C1(O[C@H]1C[C@@H]1C4=C(CC[C@@]13C)C(=O)OC4)[C@@H]2OC(=O)c1ccc([N+](=O)[O-])cc1. The first kappa shape index (κ1) is 22.2. The lowest BCUT2D eigenvalue weighted by Gasteiger charge is -2.53. The molecule has 1 aromatic rings. The van der Waals surface area contributed by atoms with Gasteiger partial charge in [-0.3, -0.25) is 10.1 Å². The highest BCUT2D eigenvalue weighted by molar-refractivity contribution is 5.92. The summed E-state index contributed by atoms with van der Waals surface area (Å²) >= 11 is 0. The predicted molar refractivity (Wildman–Crippen MR) is 123 cm³/mol. The summed E-state index contributed by atoms with van der Waals surface area (Å²) in [5, 5.41) is 11.1. The van der Waals surface area contributed by atoms with Gasteiger partial charge in [0.1, 0.15) is 30.0 Å². The normalized spacial score (nSPS) is 47.5. The van der Waals surface area contributed by atoms with Crippen molar-refractivity contribution in [2.24, 2.45) is 17.3 Å². The number of ether oxygens (including phenoxy) is 5. The third kappa shape index (κ3) is 2.27. The minimum atomic E-state index is -0.835. The van der Waals surface area contributed by atoms with E-state index in [-0.39, 0.29) is 52.8 Å². The third-order valence-corrected chi connectivity index (χ3v) is 10.6. The second-order valence-electron chi connectivity index (χ2n) is 12.1. The molecule has 9 atom stereocenters. The molecule has 194 valence electrons. The van der Waals surface area contributed by atoms with Crippen molar-refractivity contribution in [3.8, 4) is 0 Å². The van der Waals surface area contributed by atoms with Gasteiger partial charge in [-0.25, -0.2) is 9.59 Å². The second kappa shape index (κ2) is 6.42. The molecule has 1 aromatic carbocycles. The Labute approximate surface area is 212 Å². The van der Waals surface area contributed by atoms with E-state index in [1.54, 1.807) is 0 Å². The third-order valence-electron chi connectivity index (χ3n) is 10.6. The minimum Gasteiger partial charge on any atom is -0.458 e. The maximum Gasteiger partial charge on any atom is 0.338 e. The van der Waals surface area contributed by atoms with Gasteiger partial charge in [0.25, 0.3) is 5.69 Å². The van der Waals surface area contributed by atoms with Crippen molar-refractivity contribution in [2.75, 3.05) is 6.61 Å². The molecule has 0 amide bonds. The average Bonchev–Trinajstić information content (AvgIpc) is 3.78. The zero-order chi connectivity index (χ0) is 25.7. The van der Waals surface area contributed by atoms with E-state index in [9.17, 15) is 19.7 Å². The fourth-order valence-electron chi connectivity index (χ4n) is 8.74. The number of hydrogen-bond donors (Lipinski definition) is 0. The van der Waals surface area contributed by atoms with Crippen LogP contribution in [0.3, 0.4) is 0 Å². The molecule has 0 aromatic heterocycles. The van der Waals surface area contributed by atoms with Crippen LogP contribution in [-0.2, 0) is 28.5 Å². The molecular formula is C27H27NO9. The lowest BCUT2D eigenvalue weighted by atomic mass is 9.46. The molecule has 0 bridgehead atoms. The van der Waals surface area contributed by atoms with E-state index in [4.69, 9.17) is 23.7 Å². The maximum absolute atomic E-state index is 13.4. The molecule has 4 aliphatic heterocycles. The fourth-order valence-corrected chi connectivity index (χ4v) is 8.74. The Morgan fingerprint density at radius 3 is 2.62 bits per heavy atom. The van der Waals surface area contributed by atoms with Gasteiger partial charge in [-0.1, -0.05) is 20.8 Å². The van der Waals surface area contributed by atoms with Crippen LogP contribution in [-0.4, -0.2) is 64.7 Å². The van der Waals surface area contributed by atoms with Crippen molar-refractivity contribution in [3.63, 3.8) is 0 Å². The molecule has 2 unspecified atom stereocenters. The van der Waals surface area contributed by atoms with Crippen molar-refractivity contribution in [3.05, 3.63) is 51.1 Å². The molecule has 10 heteroatoms. The summed E-state index contributed by atoms with van der Waals surface area (Å²) in [5.41, 5.74) is -0.548. The van der Waals surface area contributed by atoms with Crippen molar-refractivity contribution >= 4 is 17.6 Å². The Kier molecular flexibility index (Phi) is 3.85. The number of esters is 2. The number of hydrogen-bond acceptors (Lipinski definition) is 9. The summed E-state index contributed by atoms with van der Waals surface area (Å²) in [6.45, 7) is 6.67. The number of benzene rings is 1. The van der Waals surface area contributed by atoms with E-state index in [1.165, 1.54) is 24.3 Å². The second-order valence-corrected chi connectivity index (χ2v) is 12.1. The van der Waals surface area contributed by atoms with E-state index in [1.807, 2.05) is 0 Å². The number of nitro groups is 1. The number of carbonyl (C=O) groups is 2. The molecule has 3 saturated heterocycles. The van der Waals surface area contributed by atoms with Crippen molar-refractivity contribution in [1.82, 2.24) is 0 Å². The van der Waals surface area contributed by atoms with Crippen molar-refractivity contribution < 1.29 is 38.2 Å².